The summed E-state index contributed by atoms with van der Waals surface area (Å²) in [6.45, 7) is 1.80. The molecule has 1 rings (SSSR count). The summed E-state index contributed by atoms with van der Waals surface area (Å²) >= 11 is 5.78. The summed E-state index contributed by atoms with van der Waals surface area (Å²) in [5.41, 5.74) is 0.641. The zero-order valence-corrected chi connectivity index (χ0v) is 9.93. The van der Waals surface area contributed by atoms with Crippen molar-refractivity contribution in [3.05, 3.63) is 34.6 Å². The first-order valence-corrected chi connectivity index (χ1v) is 5.87. The Morgan fingerprint density at radius 2 is 2.06 bits per heavy atom. The van der Waals surface area contributed by atoms with Crippen LogP contribution in [0.4, 0.5) is 4.39 Å². The van der Waals surface area contributed by atoms with E-state index in [4.69, 9.17) is 16.7 Å². The first kappa shape index (κ1) is 13.4. The molecule has 0 unspecified atom stereocenters. The largest absolute Gasteiger partial charge is 0.396 e. The van der Waals surface area contributed by atoms with Crippen molar-refractivity contribution in [2.75, 3.05) is 19.7 Å². The van der Waals surface area contributed by atoms with E-state index in [1.165, 1.54) is 6.07 Å². The molecule has 0 aliphatic carbocycles. The summed E-state index contributed by atoms with van der Waals surface area (Å²) < 4.78 is 13.3. The van der Waals surface area contributed by atoms with E-state index < -0.39 is 0 Å². The molecule has 0 spiro atoms. The average molecular weight is 246 g/mol. The predicted molar refractivity (Wildman–Crippen MR) is 64.3 cm³/mol. The van der Waals surface area contributed by atoms with Gasteiger partial charge in [-0.2, -0.15) is 0 Å². The molecule has 1 aromatic carbocycles. The molecule has 0 amide bonds. The Bertz CT molecular complexity index is 320. The van der Waals surface area contributed by atoms with Crippen molar-refractivity contribution < 1.29 is 9.50 Å². The van der Waals surface area contributed by atoms with Crippen molar-refractivity contribution in [2.45, 2.75) is 19.3 Å². The molecule has 2 N–H and O–H groups in total. The highest BCUT2D eigenvalue weighted by molar-refractivity contribution is 6.30. The fourth-order valence-electron chi connectivity index (χ4n) is 1.44. The van der Waals surface area contributed by atoms with Crippen LogP contribution in [0.5, 0.6) is 0 Å². The number of halogens is 2. The minimum absolute atomic E-state index is 0.207. The van der Waals surface area contributed by atoms with Gasteiger partial charge in [-0.05, 0) is 56.1 Å². The van der Waals surface area contributed by atoms with E-state index in [9.17, 15) is 4.39 Å². The molecule has 0 aliphatic rings. The quantitative estimate of drug-likeness (QED) is 0.723. The summed E-state index contributed by atoms with van der Waals surface area (Å²) in [6.07, 6.45) is 2.37. The number of hydrogen-bond acceptors (Lipinski definition) is 2. The fourth-order valence-corrected chi connectivity index (χ4v) is 1.64. The normalized spacial score (nSPS) is 10.7. The molecule has 0 saturated carbocycles. The smallest absolute Gasteiger partial charge is 0.126 e. The zero-order chi connectivity index (χ0) is 11.8. The van der Waals surface area contributed by atoms with Crippen LogP contribution in [-0.4, -0.2) is 24.8 Å². The van der Waals surface area contributed by atoms with Crippen molar-refractivity contribution in [1.82, 2.24) is 5.32 Å². The fraction of sp³-hybridized carbons (Fsp3) is 0.500. The van der Waals surface area contributed by atoms with Crippen LogP contribution >= 0.6 is 11.6 Å². The highest BCUT2D eigenvalue weighted by Gasteiger charge is 2.02. The molecule has 1 aromatic rings. The van der Waals surface area contributed by atoms with Gasteiger partial charge in [0.15, 0.2) is 0 Å². The summed E-state index contributed by atoms with van der Waals surface area (Å²) in [4.78, 5) is 0. The topological polar surface area (TPSA) is 32.3 Å². The molecule has 0 atom stereocenters. The van der Waals surface area contributed by atoms with E-state index >= 15 is 0 Å². The van der Waals surface area contributed by atoms with Gasteiger partial charge in [0, 0.05) is 11.6 Å². The lowest BCUT2D eigenvalue weighted by atomic mass is 10.1. The predicted octanol–water partition coefficient (Wildman–Crippen LogP) is 2.38. The molecule has 0 aliphatic heterocycles. The second-order valence-electron chi connectivity index (χ2n) is 3.67. The van der Waals surface area contributed by atoms with Crippen molar-refractivity contribution in [1.29, 1.82) is 0 Å². The Balaban J connectivity index is 2.23. The van der Waals surface area contributed by atoms with Gasteiger partial charge in [-0.25, -0.2) is 4.39 Å². The lowest BCUT2D eigenvalue weighted by Crippen LogP contribution is -2.19. The molecule has 0 saturated heterocycles. The number of nitrogens with one attached hydrogen (secondary N) is 1. The lowest BCUT2D eigenvalue weighted by Gasteiger charge is -2.05. The number of hydrogen-bond donors (Lipinski definition) is 2. The monoisotopic (exact) mass is 245 g/mol. The molecule has 0 fully saturated rings. The Kier molecular flexibility index (Phi) is 6.38. The third-order valence-electron chi connectivity index (χ3n) is 2.34. The summed E-state index contributed by atoms with van der Waals surface area (Å²) in [7, 11) is 0. The number of aliphatic hydroxyl groups is 1. The number of aliphatic hydroxyl groups excluding tert-OH is 1. The molecule has 4 heteroatoms. The Morgan fingerprint density at radius 3 is 2.81 bits per heavy atom. The Morgan fingerprint density at radius 1 is 1.25 bits per heavy atom. The van der Waals surface area contributed by atoms with Gasteiger partial charge in [-0.3, -0.25) is 0 Å². The van der Waals surface area contributed by atoms with Gasteiger partial charge >= 0.3 is 0 Å². The molecule has 0 heterocycles. The van der Waals surface area contributed by atoms with Gasteiger partial charge in [-0.15, -0.1) is 0 Å². The van der Waals surface area contributed by atoms with Gasteiger partial charge in [0.1, 0.15) is 5.82 Å². The van der Waals surface area contributed by atoms with Crippen LogP contribution in [0.2, 0.25) is 5.02 Å². The van der Waals surface area contributed by atoms with Crippen LogP contribution in [0.25, 0.3) is 0 Å². The first-order valence-electron chi connectivity index (χ1n) is 5.49. The molecule has 0 radical (unpaired) electrons. The van der Waals surface area contributed by atoms with Crippen LogP contribution in [0.15, 0.2) is 18.2 Å². The van der Waals surface area contributed by atoms with Crippen molar-refractivity contribution in [3.8, 4) is 0 Å². The van der Waals surface area contributed by atoms with Crippen LogP contribution in [0.1, 0.15) is 18.4 Å². The van der Waals surface area contributed by atoms with Crippen molar-refractivity contribution in [2.24, 2.45) is 0 Å². The second kappa shape index (κ2) is 7.60. The zero-order valence-electron chi connectivity index (χ0n) is 9.18. The summed E-state index contributed by atoms with van der Waals surface area (Å²) in [5, 5.41) is 12.3. The van der Waals surface area contributed by atoms with Gasteiger partial charge in [0.2, 0.25) is 0 Å². The minimum Gasteiger partial charge on any atom is -0.396 e. The molecule has 0 aromatic heterocycles. The van der Waals surface area contributed by atoms with E-state index in [0.29, 0.717) is 17.0 Å². The standard InChI is InChI=1S/C12H17ClFNO/c13-11-3-4-12(14)10(9-11)5-7-15-6-1-2-8-16/h3-4,9,15-16H,1-2,5-8H2. The average Bonchev–Trinajstić information content (AvgIpc) is 2.28. The SMILES string of the molecule is OCCCCNCCc1cc(Cl)ccc1F. The maximum Gasteiger partial charge on any atom is 0.126 e. The van der Waals surface area contributed by atoms with E-state index in [1.807, 2.05) is 0 Å². The van der Waals surface area contributed by atoms with Crippen LogP contribution in [0, 0.1) is 5.82 Å². The van der Waals surface area contributed by atoms with E-state index in [2.05, 4.69) is 5.32 Å². The molecule has 2 nitrogen and oxygen atoms in total. The second-order valence-corrected chi connectivity index (χ2v) is 4.10. The minimum atomic E-state index is -0.207. The number of unbranched alkanes of at least 4 members (excludes halogenated alkanes) is 1. The van der Waals surface area contributed by atoms with Crippen LogP contribution in [-0.2, 0) is 6.42 Å². The van der Waals surface area contributed by atoms with Crippen LogP contribution < -0.4 is 5.32 Å². The summed E-state index contributed by atoms with van der Waals surface area (Å²) in [6, 6.07) is 4.60. The number of rotatable bonds is 7. The van der Waals surface area contributed by atoms with Gasteiger partial charge in [0.05, 0.1) is 0 Å². The molecule has 0 bridgehead atoms. The third-order valence-corrected chi connectivity index (χ3v) is 2.58. The highest BCUT2D eigenvalue weighted by Crippen LogP contribution is 2.14. The molecular formula is C12H17ClFNO. The first-order chi connectivity index (χ1) is 7.74. The third kappa shape index (κ3) is 4.92. The lowest BCUT2D eigenvalue weighted by molar-refractivity contribution is 0.284. The highest BCUT2D eigenvalue weighted by atomic mass is 35.5. The van der Waals surface area contributed by atoms with Crippen LogP contribution in [0.3, 0.4) is 0 Å². The van der Waals surface area contributed by atoms with Gasteiger partial charge in [-0.1, -0.05) is 11.6 Å². The maximum atomic E-state index is 13.3. The van der Waals surface area contributed by atoms with E-state index in [0.717, 1.165) is 25.9 Å². The van der Waals surface area contributed by atoms with Crippen molar-refractivity contribution in [3.63, 3.8) is 0 Å². The number of benzene rings is 1. The van der Waals surface area contributed by atoms with E-state index in [1.54, 1.807) is 12.1 Å². The maximum absolute atomic E-state index is 13.3. The summed E-state index contributed by atoms with van der Waals surface area (Å²) in [5.74, 6) is -0.207. The van der Waals surface area contributed by atoms with E-state index in [-0.39, 0.29) is 12.4 Å². The van der Waals surface area contributed by atoms with Gasteiger partial charge in [0.25, 0.3) is 0 Å². The Labute approximate surface area is 100 Å². The molecular weight excluding hydrogens is 229 g/mol. The Hall–Kier alpha value is -0.640. The molecule has 90 valence electrons. The van der Waals surface area contributed by atoms with Gasteiger partial charge < -0.3 is 10.4 Å². The molecule has 16 heavy (non-hydrogen) atoms. The van der Waals surface area contributed by atoms with Crippen molar-refractivity contribution >= 4 is 11.6 Å².